The van der Waals surface area contributed by atoms with Crippen molar-refractivity contribution in [1.29, 1.82) is 0 Å². The van der Waals surface area contributed by atoms with E-state index in [2.05, 4.69) is 10.4 Å². The minimum absolute atomic E-state index is 0.0123. The summed E-state index contributed by atoms with van der Waals surface area (Å²) >= 11 is 0. The fraction of sp³-hybridized carbons (Fsp3) is 0.269. The van der Waals surface area contributed by atoms with Gasteiger partial charge in [-0.2, -0.15) is 5.10 Å². The molecule has 36 heavy (non-hydrogen) atoms. The first kappa shape index (κ1) is 22.5. The number of nitrogens with zero attached hydrogens (tertiary/aromatic N) is 3. The second-order valence-corrected chi connectivity index (χ2v) is 11.5. The largest absolute Gasteiger partial charge is 0.454 e. The Balaban J connectivity index is 1.48. The van der Waals surface area contributed by atoms with E-state index in [9.17, 15) is 13.2 Å². The van der Waals surface area contributed by atoms with E-state index in [1.165, 1.54) is 0 Å². The number of aromatic nitrogens is 3. The number of carbonyl (C=O) groups excluding carboxylic acids is 1. The van der Waals surface area contributed by atoms with E-state index >= 15 is 0 Å². The number of benzene rings is 2. The maximum absolute atomic E-state index is 13.6. The molecule has 1 unspecified atom stereocenters. The number of amides is 1. The predicted molar refractivity (Wildman–Crippen MR) is 135 cm³/mol. The molecular weight excluding hydrogens is 480 g/mol. The fourth-order valence-electron chi connectivity index (χ4n) is 4.76. The van der Waals surface area contributed by atoms with Crippen LogP contribution >= 0.6 is 0 Å². The number of aryl methyl sites for hydroxylation is 2. The van der Waals surface area contributed by atoms with Crippen LogP contribution in [-0.2, 0) is 9.84 Å². The summed E-state index contributed by atoms with van der Waals surface area (Å²) in [4.78, 5) is 18.5. The number of rotatable bonds is 4. The predicted octanol–water partition coefficient (Wildman–Crippen LogP) is 4.06. The van der Waals surface area contributed by atoms with Gasteiger partial charge in [0.25, 0.3) is 5.91 Å². The molecule has 0 radical (unpaired) electrons. The van der Waals surface area contributed by atoms with Crippen LogP contribution in [0.1, 0.15) is 34.1 Å². The number of ether oxygens (including phenoxy) is 2. The van der Waals surface area contributed by atoms with Crippen LogP contribution < -0.4 is 14.8 Å². The third-order valence-corrected chi connectivity index (χ3v) is 8.36. The number of nitrogens with one attached hydrogen (secondary N) is 1. The third kappa shape index (κ3) is 3.97. The molecule has 2 aliphatic heterocycles. The zero-order valence-electron chi connectivity index (χ0n) is 19.8. The number of hydrogen-bond acceptors (Lipinski definition) is 7. The molecule has 4 aromatic rings. The Kier molecular flexibility index (Phi) is 5.22. The highest BCUT2D eigenvalue weighted by molar-refractivity contribution is 7.91. The van der Waals surface area contributed by atoms with Crippen molar-refractivity contribution in [2.75, 3.05) is 23.6 Å². The Morgan fingerprint density at radius 2 is 1.83 bits per heavy atom. The molecule has 1 atom stereocenters. The topological polar surface area (TPSA) is 112 Å². The lowest BCUT2D eigenvalue weighted by Gasteiger charge is -2.13. The lowest BCUT2D eigenvalue weighted by atomic mass is 10.0. The molecule has 9 nitrogen and oxygen atoms in total. The Morgan fingerprint density at radius 1 is 1.06 bits per heavy atom. The highest BCUT2D eigenvalue weighted by Gasteiger charge is 2.32. The summed E-state index contributed by atoms with van der Waals surface area (Å²) in [6.45, 7) is 3.96. The van der Waals surface area contributed by atoms with Crippen LogP contribution in [0.25, 0.3) is 22.3 Å². The Morgan fingerprint density at radius 3 is 2.58 bits per heavy atom. The van der Waals surface area contributed by atoms with Gasteiger partial charge >= 0.3 is 0 Å². The van der Waals surface area contributed by atoms with Crippen LogP contribution in [0.3, 0.4) is 0 Å². The molecule has 1 N–H and O–H groups in total. The fourth-order valence-corrected chi connectivity index (χ4v) is 6.45. The first-order chi connectivity index (χ1) is 17.3. The van der Waals surface area contributed by atoms with Crippen LogP contribution in [0, 0.1) is 13.8 Å². The van der Waals surface area contributed by atoms with Gasteiger partial charge in [-0.25, -0.2) is 18.1 Å². The standard InChI is InChI=1S/C26H24N4O5S/c1-15-3-5-17(6-4-15)21-12-20(26(31)27-18-7-8-22-23(11-18)35-14-34-22)24-16(2)29-30(25(24)28-21)19-9-10-36(32,33)13-19/h3-8,11-12,19H,9-10,13-14H2,1-2H3,(H,27,31). The summed E-state index contributed by atoms with van der Waals surface area (Å²) in [5, 5.41) is 8.21. The summed E-state index contributed by atoms with van der Waals surface area (Å²) in [5.74, 6) is 1.01. The van der Waals surface area contributed by atoms with Crippen LogP contribution in [0.4, 0.5) is 5.69 Å². The monoisotopic (exact) mass is 504 g/mol. The van der Waals surface area contributed by atoms with Crippen LogP contribution in [0.5, 0.6) is 11.5 Å². The molecule has 2 aromatic heterocycles. The molecule has 4 heterocycles. The van der Waals surface area contributed by atoms with E-state index in [4.69, 9.17) is 14.5 Å². The van der Waals surface area contributed by atoms with E-state index < -0.39 is 9.84 Å². The molecular formula is C26H24N4O5S. The maximum Gasteiger partial charge on any atom is 0.256 e. The molecule has 10 heteroatoms. The SMILES string of the molecule is Cc1ccc(-c2cc(C(=O)Nc3ccc4c(c3)OCO4)c3c(C)nn(C4CCS(=O)(=O)C4)c3n2)cc1. The summed E-state index contributed by atoms with van der Waals surface area (Å²) in [6.07, 6.45) is 0.466. The van der Waals surface area contributed by atoms with Crippen molar-refractivity contribution >= 4 is 32.5 Å². The summed E-state index contributed by atoms with van der Waals surface area (Å²) in [7, 11) is -3.13. The second kappa shape index (κ2) is 8.34. The zero-order valence-corrected chi connectivity index (χ0v) is 20.6. The minimum atomic E-state index is -3.13. The number of hydrogen-bond donors (Lipinski definition) is 1. The van der Waals surface area contributed by atoms with Gasteiger partial charge in [-0.05, 0) is 38.5 Å². The molecule has 1 amide bonds. The summed E-state index contributed by atoms with van der Waals surface area (Å²) in [6, 6.07) is 14.5. The number of anilines is 1. The van der Waals surface area contributed by atoms with E-state index in [1.807, 2.05) is 38.1 Å². The van der Waals surface area contributed by atoms with Crippen molar-refractivity contribution in [3.8, 4) is 22.8 Å². The van der Waals surface area contributed by atoms with Gasteiger partial charge in [0, 0.05) is 17.3 Å². The van der Waals surface area contributed by atoms with Gasteiger partial charge in [0.05, 0.1) is 39.9 Å². The molecule has 0 spiro atoms. The molecule has 2 aromatic carbocycles. The lowest BCUT2D eigenvalue weighted by molar-refractivity contribution is 0.102. The van der Waals surface area contributed by atoms with Crippen molar-refractivity contribution in [2.24, 2.45) is 0 Å². The zero-order chi connectivity index (χ0) is 25.0. The lowest BCUT2D eigenvalue weighted by Crippen LogP contribution is -2.15. The Bertz CT molecular complexity index is 1630. The number of sulfone groups is 1. The molecule has 0 bridgehead atoms. The number of pyridine rings is 1. The van der Waals surface area contributed by atoms with Crippen LogP contribution in [-0.4, -0.2) is 47.4 Å². The molecule has 184 valence electrons. The Hall–Kier alpha value is -3.92. The van der Waals surface area contributed by atoms with Gasteiger partial charge in [0.2, 0.25) is 6.79 Å². The summed E-state index contributed by atoms with van der Waals surface area (Å²) < 4.78 is 36.9. The molecule has 1 saturated heterocycles. The van der Waals surface area contributed by atoms with Crippen molar-refractivity contribution < 1.29 is 22.7 Å². The highest BCUT2D eigenvalue weighted by atomic mass is 32.2. The van der Waals surface area contributed by atoms with Gasteiger partial charge in [0.1, 0.15) is 0 Å². The van der Waals surface area contributed by atoms with Gasteiger partial charge in [-0.1, -0.05) is 29.8 Å². The van der Waals surface area contributed by atoms with Crippen molar-refractivity contribution in [3.05, 3.63) is 65.4 Å². The molecule has 1 fully saturated rings. The molecule has 0 saturated carbocycles. The smallest absolute Gasteiger partial charge is 0.256 e. The van der Waals surface area contributed by atoms with Gasteiger partial charge in [-0.3, -0.25) is 4.79 Å². The van der Waals surface area contributed by atoms with E-state index in [1.54, 1.807) is 28.9 Å². The average molecular weight is 505 g/mol. The van der Waals surface area contributed by atoms with E-state index in [0.717, 1.165) is 11.1 Å². The van der Waals surface area contributed by atoms with Crippen molar-refractivity contribution in [1.82, 2.24) is 14.8 Å². The molecule has 0 aliphatic carbocycles. The first-order valence-electron chi connectivity index (χ1n) is 11.7. The molecule has 2 aliphatic rings. The van der Waals surface area contributed by atoms with Gasteiger partial charge < -0.3 is 14.8 Å². The van der Waals surface area contributed by atoms with Crippen molar-refractivity contribution in [2.45, 2.75) is 26.3 Å². The Labute approximate surface area is 208 Å². The van der Waals surface area contributed by atoms with Gasteiger partial charge in [-0.15, -0.1) is 0 Å². The van der Waals surface area contributed by atoms with Crippen LogP contribution in [0.15, 0.2) is 48.5 Å². The summed E-state index contributed by atoms with van der Waals surface area (Å²) in [5.41, 5.74) is 4.68. The van der Waals surface area contributed by atoms with Gasteiger partial charge in [0.15, 0.2) is 27.0 Å². The quantitative estimate of drug-likeness (QED) is 0.446. The minimum Gasteiger partial charge on any atom is -0.454 e. The second-order valence-electron chi connectivity index (χ2n) is 9.23. The van der Waals surface area contributed by atoms with E-state index in [0.29, 0.717) is 51.6 Å². The first-order valence-corrected chi connectivity index (χ1v) is 13.5. The van der Waals surface area contributed by atoms with Crippen molar-refractivity contribution in [3.63, 3.8) is 0 Å². The van der Waals surface area contributed by atoms with E-state index in [-0.39, 0.29) is 30.2 Å². The highest BCUT2D eigenvalue weighted by Crippen LogP contribution is 2.35. The normalized spacial score (nSPS) is 18.0. The number of carbonyl (C=O) groups is 1. The van der Waals surface area contributed by atoms with Crippen LogP contribution in [0.2, 0.25) is 0 Å². The molecule has 6 rings (SSSR count). The average Bonchev–Trinajstić information content (AvgIpc) is 3.55. The third-order valence-electron chi connectivity index (χ3n) is 6.61. The number of fused-ring (bicyclic) bond motifs is 2. The maximum atomic E-state index is 13.6.